The Balaban J connectivity index is 1.41. The van der Waals surface area contributed by atoms with Crippen LogP contribution in [0.15, 0.2) is 48.5 Å². The third-order valence-electron chi connectivity index (χ3n) is 4.02. The zero-order valence-electron chi connectivity index (χ0n) is 15.1. The van der Waals surface area contributed by atoms with Gasteiger partial charge in [0.2, 0.25) is 5.91 Å². The molecule has 3 rings (SSSR count). The highest BCUT2D eigenvalue weighted by Gasteiger charge is 2.08. The summed E-state index contributed by atoms with van der Waals surface area (Å²) in [6.07, 6.45) is 0.757. The van der Waals surface area contributed by atoms with Crippen LogP contribution in [0.2, 0.25) is 0 Å². The van der Waals surface area contributed by atoms with Crippen LogP contribution in [0.25, 0.3) is 10.2 Å². The van der Waals surface area contributed by atoms with Gasteiger partial charge in [-0.05, 0) is 36.9 Å². The second kappa shape index (κ2) is 8.78. The minimum atomic E-state index is 0.0297. The van der Waals surface area contributed by atoms with Gasteiger partial charge in [0, 0.05) is 19.5 Å². The Morgan fingerprint density at radius 1 is 1.19 bits per heavy atom. The van der Waals surface area contributed by atoms with Crippen molar-refractivity contribution in [2.45, 2.75) is 13.0 Å². The van der Waals surface area contributed by atoms with E-state index in [1.165, 1.54) is 4.70 Å². The van der Waals surface area contributed by atoms with Gasteiger partial charge >= 0.3 is 0 Å². The molecule has 1 heterocycles. The number of carbonyl (C=O) groups is 1. The number of hydrogen-bond donors (Lipinski definition) is 1. The summed E-state index contributed by atoms with van der Waals surface area (Å²) in [5, 5.41) is 4.03. The number of ether oxygens (including phenoxy) is 1. The maximum absolute atomic E-state index is 12.1. The summed E-state index contributed by atoms with van der Waals surface area (Å²) in [6, 6.07) is 16.0. The fourth-order valence-electron chi connectivity index (χ4n) is 2.74. The van der Waals surface area contributed by atoms with Gasteiger partial charge < -0.3 is 10.1 Å². The molecule has 26 heavy (non-hydrogen) atoms. The molecule has 0 saturated heterocycles. The number of likely N-dealkylation sites (N-methyl/N-ethyl adjacent to an activating group) is 1. The molecule has 2 aromatic carbocycles. The van der Waals surface area contributed by atoms with E-state index in [0.29, 0.717) is 13.1 Å². The van der Waals surface area contributed by atoms with Crippen LogP contribution in [0, 0.1) is 0 Å². The van der Waals surface area contributed by atoms with E-state index < -0.39 is 0 Å². The third-order valence-corrected chi connectivity index (χ3v) is 5.12. The number of aromatic nitrogens is 1. The van der Waals surface area contributed by atoms with Gasteiger partial charge in [-0.3, -0.25) is 9.69 Å². The van der Waals surface area contributed by atoms with E-state index >= 15 is 0 Å². The fourth-order valence-corrected chi connectivity index (χ4v) is 3.70. The number of nitrogens with zero attached hydrogens (tertiary/aromatic N) is 2. The normalized spacial score (nSPS) is 11.0. The number of benzene rings is 2. The van der Waals surface area contributed by atoms with Gasteiger partial charge in [-0.25, -0.2) is 4.98 Å². The number of rotatable bonds is 8. The summed E-state index contributed by atoms with van der Waals surface area (Å²) in [7, 11) is 3.59. The van der Waals surface area contributed by atoms with Gasteiger partial charge in [0.15, 0.2) is 0 Å². The van der Waals surface area contributed by atoms with Crippen molar-refractivity contribution >= 4 is 27.5 Å². The lowest BCUT2D eigenvalue weighted by Crippen LogP contribution is -2.35. The highest BCUT2D eigenvalue weighted by Crippen LogP contribution is 2.21. The Bertz CT molecular complexity index is 828. The van der Waals surface area contributed by atoms with E-state index in [1.54, 1.807) is 18.4 Å². The molecule has 6 heteroatoms. The van der Waals surface area contributed by atoms with E-state index in [1.807, 2.05) is 54.4 Å². The van der Waals surface area contributed by atoms with E-state index in [0.717, 1.165) is 34.8 Å². The lowest BCUT2D eigenvalue weighted by atomic mass is 10.2. The van der Waals surface area contributed by atoms with Crippen molar-refractivity contribution in [1.82, 2.24) is 15.2 Å². The largest absolute Gasteiger partial charge is 0.497 e. The Labute approximate surface area is 157 Å². The maximum atomic E-state index is 12.1. The molecular weight excluding hydrogens is 346 g/mol. The molecule has 1 N–H and O–H groups in total. The summed E-state index contributed by atoms with van der Waals surface area (Å²) in [4.78, 5) is 18.7. The van der Waals surface area contributed by atoms with Crippen molar-refractivity contribution in [2.75, 3.05) is 27.2 Å². The zero-order chi connectivity index (χ0) is 18.4. The predicted octanol–water partition coefficient (Wildman–Crippen LogP) is 3.10. The van der Waals surface area contributed by atoms with Crippen LogP contribution in [-0.4, -0.2) is 43.0 Å². The number of fused-ring (bicyclic) bond motifs is 1. The van der Waals surface area contributed by atoms with Crippen LogP contribution >= 0.6 is 11.3 Å². The summed E-state index contributed by atoms with van der Waals surface area (Å²) in [6.45, 7) is 1.69. The number of para-hydroxylation sites is 1. The molecular formula is C20H23N3O2S. The van der Waals surface area contributed by atoms with Crippen LogP contribution in [0.1, 0.15) is 10.6 Å². The standard InChI is InChI=1S/C20H23N3O2S/c1-23(13-15-7-9-16(25-2)10-8-15)14-19(24)21-12-11-20-22-17-5-3-4-6-18(17)26-20/h3-10H,11-14H2,1-2H3,(H,21,24). The lowest BCUT2D eigenvalue weighted by Gasteiger charge is -2.16. The SMILES string of the molecule is COc1ccc(CN(C)CC(=O)NCCc2nc3ccccc3s2)cc1. The highest BCUT2D eigenvalue weighted by molar-refractivity contribution is 7.18. The molecule has 0 saturated carbocycles. The van der Waals surface area contributed by atoms with Crippen molar-refractivity contribution in [1.29, 1.82) is 0 Å². The summed E-state index contributed by atoms with van der Waals surface area (Å²) in [5.74, 6) is 0.867. The molecule has 3 aromatic rings. The lowest BCUT2D eigenvalue weighted by molar-refractivity contribution is -0.122. The second-order valence-electron chi connectivity index (χ2n) is 6.20. The molecule has 0 bridgehead atoms. The summed E-state index contributed by atoms with van der Waals surface area (Å²) >= 11 is 1.68. The molecule has 0 atom stereocenters. The van der Waals surface area contributed by atoms with Crippen molar-refractivity contribution in [3.63, 3.8) is 0 Å². The van der Waals surface area contributed by atoms with Gasteiger partial charge in [-0.2, -0.15) is 0 Å². The van der Waals surface area contributed by atoms with Gasteiger partial charge in [-0.1, -0.05) is 24.3 Å². The van der Waals surface area contributed by atoms with Gasteiger partial charge in [0.25, 0.3) is 0 Å². The van der Waals surface area contributed by atoms with E-state index in [2.05, 4.69) is 16.4 Å². The average molecular weight is 369 g/mol. The maximum Gasteiger partial charge on any atom is 0.234 e. The van der Waals surface area contributed by atoms with Gasteiger partial charge in [0.1, 0.15) is 5.75 Å². The monoisotopic (exact) mass is 369 g/mol. The average Bonchev–Trinajstić information content (AvgIpc) is 3.05. The Kier molecular flexibility index (Phi) is 6.20. The molecule has 1 amide bonds. The molecule has 0 aliphatic rings. The first-order valence-electron chi connectivity index (χ1n) is 8.56. The Morgan fingerprint density at radius 2 is 1.96 bits per heavy atom. The molecule has 0 unspecified atom stereocenters. The molecule has 1 aromatic heterocycles. The first kappa shape index (κ1) is 18.4. The molecule has 0 spiro atoms. The van der Waals surface area contributed by atoms with E-state index in [9.17, 15) is 4.79 Å². The first-order valence-corrected chi connectivity index (χ1v) is 9.38. The van der Waals surface area contributed by atoms with Crippen LogP contribution < -0.4 is 10.1 Å². The summed E-state index contributed by atoms with van der Waals surface area (Å²) in [5.41, 5.74) is 2.17. The zero-order valence-corrected chi connectivity index (χ0v) is 15.9. The van der Waals surface area contributed by atoms with Crippen LogP contribution in [-0.2, 0) is 17.8 Å². The van der Waals surface area contributed by atoms with Crippen molar-refractivity contribution in [3.05, 3.63) is 59.1 Å². The fraction of sp³-hybridized carbons (Fsp3) is 0.300. The van der Waals surface area contributed by atoms with Crippen molar-refractivity contribution in [3.8, 4) is 5.75 Å². The molecule has 0 fully saturated rings. The number of carbonyl (C=O) groups excluding carboxylic acids is 1. The third kappa shape index (κ3) is 5.03. The van der Waals surface area contributed by atoms with Gasteiger partial charge in [0.05, 0.1) is 28.9 Å². The Morgan fingerprint density at radius 3 is 2.69 bits per heavy atom. The molecule has 0 aliphatic carbocycles. The van der Waals surface area contributed by atoms with E-state index in [-0.39, 0.29) is 5.91 Å². The number of thiazole rings is 1. The number of nitrogens with one attached hydrogen (secondary N) is 1. The summed E-state index contributed by atoms with van der Waals surface area (Å²) < 4.78 is 6.34. The molecule has 0 aliphatic heterocycles. The molecule has 5 nitrogen and oxygen atoms in total. The van der Waals surface area contributed by atoms with Crippen LogP contribution in [0.4, 0.5) is 0 Å². The minimum absolute atomic E-state index is 0.0297. The number of methoxy groups -OCH3 is 1. The number of hydrogen-bond acceptors (Lipinski definition) is 5. The quantitative estimate of drug-likeness (QED) is 0.663. The van der Waals surface area contributed by atoms with Crippen molar-refractivity contribution in [2.24, 2.45) is 0 Å². The molecule has 136 valence electrons. The predicted molar refractivity (Wildman–Crippen MR) is 106 cm³/mol. The Hall–Kier alpha value is -2.44. The van der Waals surface area contributed by atoms with Crippen LogP contribution in [0.5, 0.6) is 5.75 Å². The topological polar surface area (TPSA) is 54.5 Å². The second-order valence-corrected chi connectivity index (χ2v) is 7.31. The van der Waals surface area contributed by atoms with Gasteiger partial charge in [-0.15, -0.1) is 11.3 Å². The number of amides is 1. The van der Waals surface area contributed by atoms with E-state index in [4.69, 9.17) is 4.74 Å². The van der Waals surface area contributed by atoms with Crippen LogP contribution in [0.3, 0.4) is 0 Å². The highest BCUT2D eigenvalue weighted by atomic mass is 32.1. The minimum Gasteiger partial charge on any atom is -0.497 e. The smallest absolute Gasteiger partial charge is 0.234 e. The molecule has 0 radical (unpaired) electrons. The van der Waals surface area contributed by atoms with Crippen molar-refractivity contribution < 1.29 is 9.53 Å². The first-order chi connectivity index (χ1) is 12.6.